The normalized spacial score (nSPS) is 18.9. The Morgan fingerprint density at radius 2 is 1.83 bits per heavy atom. The van der Waals surface area contributed by atoms with E-state index in [0.29, 0.717) is 10.5 Å². The SMILES string of the molecule is O=C1N=C(N2CCN(Cc3ccccc3)CC2)S/C1=C/c1cccc(C(=O)O)c1. The monoisotopic (exact) mass is 407 g/mol. The summed E-state index contributed by atoms with van der Waals surface area (Å²) in [6, 6.07) is 17.0. The van der Waals surface area contributed by atoms with Gasteiger partial charge in [-0.25, -0.2) is 4.79 Å². The largest absolute Gasteiger partial charge is 0.478 e. The van der Waals surface area contributed by atoms with E-state index in [2.05, 4.69) is 39.1 Å². The molecule has 0 bridgehead atoms. The van der Waals surface area contributed by atoms with Gasteiger partial charge in [0.1, 0.15) is 0 Å². The number of piperazine rings is 1. The first kappa shape index (κ1) is 19.4. The lowest BCUT2D eigenvalue weighted by Crippen LogP contribution is -2.47. The number of thioether (sulfide) groups is 1. The van der Waals surface area contributed by atoms with Crippen molar-refractivity contribution in [2.45, 2.75) is 6.54 Å². The fourth-order valence-electron chi connectivity index (χ4n) is 3.38. The van der Waals surface area contributed by atoms with Crippen molar-refractivity contribution in [2.75, 3.05) is 26.2 Å². The molecule has 6 nitrogen and oxygen atoms in total. The van der Waals surface area contributed by atoms with Gasteiger partial charge in [0, 0.05) is 32.7 Å². The van der Waals surface area contributed by atoms with E-state index in [1.54, 1.807) is 24.3 Å². The third kappa shape index (κ3) is 4.75. The van der Waals surface area contributed by atoms with Crippen LogP contribution in [0.1, 0.15) is 21.5 Å². The minimum Gasteiger partial charge on any atom is -0.478 e. The highest BCUT2D eigenvalue weighted by molar-refractivity contribution is 8.18. The topological polar surface area (TPSA) is 73.2 Å². The van der Waals surface area contributed by atoms with Gasteiger partial charge in [0.05, 0.1) is 10.5 Å². The van der Waals surface area contributed by atoms with E-state index in [0.717, 1.165) is 37.9 Å². The summed E-state index contributed by atoms with van der Waals surface area (Å²) in [6.07, 6.45) is 1.71. The Balaban J connectivity index is 1.36. The summed E-state index contributed by atoms with van der Waals surface area (Å²) in [4.78, 5) is 32.8. The maximum Gasteiger partial charge on any atom is 0.335 e. The third-order valence-corrected chi connectivity index (χ3v) is 5.98. The van der Waals surface area contributed by atoms with Crippen LogP contribution in [0.4, 0.5) is 0 Å². The summed E-state index contributed by atoms with van der Waals surface area (Å²) in [7, 11) is 0. The Morgan fingerprint density at radius 1 is 1.07 bits per heavy atom. The van der Waals surface area contributed by atoms with Gasteiger partial charge in [-0.1, -0.05) is 42.5 Å². The maximum atomic E-state index is 12.3. The molecule has 0 atom stereocenters. The summed E-state index contributed by atoms with van der Waals surface area (Å²) in [5.41, 5.74) is 2.19. The Morgan fingerprint density at radius 3 is 2.55 bits per heavy atom. The van der Waals surface area contributed by atoms with Gasteiger partial charge in [0.2, 0.25) is 0 Å². The molecular formula is C22H21N3O3S. The van der Waals surface area contributed by atoms with Crippen molar-refractivity contribution in [1.82, 2.24) is 9.80 Å². The van der Waals surface area contributed by atoms with Crippen LogP contribution in [0.25, 0.3) is 6.08 Å². The number of rotatable bonds is 4. The lowest BCUT2D eigenvalue weighted by atomic mass is 10.1. The molecule has 7 heteroatoms. The number of aromatic carboxylic acids is 1. The van der Waals surface area contributed by atoms with Crippen LogP contribution >= 0.6 is 11.8 Å². The van der Waals surface area contributed by atoms with Crippen molar-refractivity contribution < 1.29 is 14.7 Å². The van der Waals surface area contributed by atoms with E-state index in [9.17, 15) is 9.59 Å². The highest BCUT2D eigenvalue weighted by Crippen LogP contribution is 2.31. The highest BCUT2D eigenvalue weighted by atomic mass is 32.2. The van der Waals surface area contributed by atoms with Gasteiger partial charge < -0.3 is 10.0 Å². The van der Waals surface area contributed by atoms with Crippen LogP contribution in [0.5, 0.6) is 0 Å². The minimum atomic E-state index is -0.985. The average molecular weight is 407 g/mol. The van der Waals surface area contributed by atoms with Gasteiger partial charge >= 0.3 is 5.97 Å². The van der Waals surface area contributed by atoms with Gasteiger partial charge in [-0.3, -0.25) is 9.69 Å². The van der Waals surface area contributed by atoms with Gasteiger partial charge in [-0.15, -0.1) is 0 Å². The lowest BCUT2D eigenvalue weighted by Gasteiger charge is -2.35. The molecule has 2 aromatic rings. The number of hydrogen-bond donors (Lipinski definition) is 1. The van der Waals surface area contributed by atoms with E-state index >= 15 is 0 Å². The van der Waals surface area contributed by atoms with E-state index in [-0.39, 0.29) is 11.5 Å². The van der Waals surface area contributed by atoms with E-state index in [1.165, 1.54) is 23.4 Å². The molecule has 2 heterocycles. The predicted molar refractivity (Wildman–Crippen MR) is 115 cm³/mol. The number of carboxylic acids is 1. The molecule has 0 unspecified atom stereocenters. The van der Waals surface area contributed by atoms with Crippen LogP contribution in [0, 0.1) is 0 Å². The van der Waals surface area contributed by atoms with Crippen LogP contribution in [0.15, 0.2) is 64.5 Å². The van der Waals surface area contributed by atoms with Gasteiger partial charge in [-0.05, 0) is 41.1 Å². The summed E-state index contributed by atoms with van der Waals surface area (Å²) in [5, 5.41) is 9.85. The quantitative estimate of drug-likeness (QED) is 0.785. The number of amides is 1. The standard InChI is InChI=1S/C22H21N3O3S/c26-20-19(14-17-7-4-8-18(13-17)21(27)28)29-22(23-20)25-11-9-24(10-12-25)15-16-5-2-1-3-6-16/h1-8,13-14H,9-12,15H2,(H,27,28)/b19-14+. The van der Waals surface area contributed by atoms with Crippen molar-refractivity contribution >= 4 is 34.9 Å². The molecule has 148 valence electrons. The fraction of sp³-hybridized carbons (Fsp3) is 0.227. The third-order valence-electron chi connectivity index (χ3n) is 4.93. The second-order valence-corrected chi connectivity index (χ2v) is 8.00. The van der Waals surface area contributed by atoms with Crippen LogP contribution in [-0.4, -0.2) is 58.1 Å². The van der Waals surface area contributed by atoms with E-state index in [1.807, 2.05) is 6.07 Å². The van der Waals surface area contributed by atoms with Gasteiger partial charge in [-0.2, -0.15) is 4.99 Å². The molecule has 0 aliphatic carbocycles. The fourth-order valence-corrected chi connectivity index (χ4v) is 4.35. The maximum absolute atomic E-state index is 12.3. The predicted octanol–water partition coefficient (Wildman–Crippen LogP) is 3.17. The summed E-state index contributed by atoms with van der Waals surface area (Å²) in [5.74, 6) is -1.25. The molecule has 1 amide bonds. The van der Waals surface area contributed by atoms with Crippen molar-refractivity contribution in [3.63, 3.8) is 0 Å². The molecule has 2 aliphatic rings. The smallest absolute Gasteiger partial charge is 0.335 e. The first-order valence-electron chi connectivity index (χ1n) is 9.46. The number of aliphatic imine (C=N–C) groups is 1. The molecule has 4 rings (SSSR count). The first-order valence-corrected chi connectivity index (χ1v) is 10.3. The molecule has 29 heavy (non-hydrogen) atoms. The summed E-state index contributed by atoms with van der Waals surface area (Å²) in [6.45, 7) is 4.42. The molecule has 0 saturated carbocycles. The summed E-state index contributed by atoms with van der Waals surface area (Å²) < 4.78 is 0. The number of benzene rings is 2. The van der Waals surface area contributed by atoms with Gasteiger partial charge in [0.15, 0.2) is 5.17 Å². The Labute approximate surface area is 173 Å². The average Bonchev–Trinajstić information content (AvgIpc) is 3.10. The summed E-state index contributed by atoms with van der Waals surface area (Å²) >= 11 is 1.36. The second kappa shape index (κ2) is 8.63. The zero-order valence-corrected chi connectivity index (χ0v) is 16.6. The Kier molecular flexibility index (Phi) is 5.78. The van der Waals surface area contributed by atoms with Crippen LogP contribution < -0.4 is 0 Å². The zero-order valence-electron chi connectivity index (χ0n) is 15.8. The number of amidine groups is 1. The van der Waals surface area contributed by atoms with Crippen molar-refractivity contribution in [3.05, 3.63) is 76.2 Å². The first-order chi connectivity index (χ1) is 14.1. The van der Waals surface area contributed by atoms with E-state index < -0.39 is 5.97 Å². The highest BCUT2D eigenvalue weighted by Gasteiger charge is 2.28. The van der Waals surface area contributed by atoms with E-state index in [4.69, 9.17) is 5.11 Å². The number of nitrogens with zero attached hydrogens (tertiary/aromatic N) is 3. The van der Waals surface area contributed by atoms with Crippen molar-refractivity contribution in [1.29, 1.82) is 0 Å². The minimum absolute atomic E-state index is 0.200. The zero-order chi connectivity index (χ0) is 20.2. The van der Waals surface area contributed by atoms with Crippen LogP contribution in [0.2, 0.25) is 0 Å². The Bertz CT molecular complexity index is 980. The molecule has 0 spiro atoms. The number of carbonyl (C=O) groups excluding carboxylic acids is 1. The molecule has 1 fully saturated rings. The molecule has 1 saturated heterocycles. The molecular weight excluding hydrogens is 386 g/mol. The van der Waals surface area contributed by atoms with Crippen LogP contribution in [-0.2, 0) is 11.3 Å². The lowest BCUT2D eigenvalue weighted by molar-refractivity contribution is -0.113. The molecule has 0 radical (unpaired) electrons. The number of carbonyl (C=O) groups is 2. The molecule has 2 aliphatic heterocycles. The van der Waals surface area contributed by atoms with Crippen LogP contribution in [0.3, 0.4) is 0 Å². The van der Waals surface area contributed by atoms with Crippen molar-refractivity contribution in [3.8, 4) is 0 Å². The second-order valence-electron chi connectivity index (χ2n) is 6.99. The molecule has 1 N–H and O–H groups in total. The van der Waals surface area contributed by atoms with Gasteiger partial charge in [0.25, 0.3) is 5.91 Å². The molecule has 2 aromatic carbocycles. The molecule has 0 aromatic heterocycles. The number of hydrogen-bond acceptors (Lipinski definition) is 5. The number of carboxylic acid groups (broad SMARTS) is 1. The Hall–Kier alpha value is -2.90. The van der Waals surface area contributed by atoms with Crippen molar-refractivity contribution in [2.24, 2.45) is 4.99 Å².